The van der Waals surface area contributed by atoms with E-state index in [0.29, 0.717) is 16.2 Å². The average molecular weight is 473 g/mol. The van der Waals surface area contributed by atoms with E-state index in [4.69, 9.17) is 15.3 Å². The molecule has 0 aliphatic carbocycles. The first-order chi connectivity index (χ1) is 15.6. The quantitative estimate of drug-likeness (QED) is 0.386. The Morgan fingerprint density at radius 3 is 1.48 bits per heavy atom. The lowest BCUT2D eigenvalue weighted by Crippen LogP contribution is -2.16. The van der Waals surface area contributed by atoms with Crippen LogP contribution in [0.15, 0.2) is 91.0 Å². The molecule has 4 N–H and O–H groups in total. The van der Waals surface area contributed by atoms with E-state index < -0.39 is 13.3 Å². The molecule has 0 heterocycles. The van der Waals surface area contributed by atoms with Crippen molar-refractivity contribution in [1.82, 2.24) is 0 Å². The van der Waals surface area contributed by atoms with Crippen LogP contribution in [-0.4, -0.2) is 39.4 Å². The molecule has 0 radical (unpaired) electrons. The van der Waals surface area contributed by atoms with Gasteiger partial charge in [0.15, 0.2) is 0 Å². The minimum Gasteiger partial charge on any atom is -0.478 e. The summed E-state index contributed by atoms with van der Waals surface area (Å²) in [7, 11) is -3.40. The molecule has 3 rings (SSSR count). The minimum atomic E-state index is -3.40. The van der Waals surface area contributed by atoms with Crippen molar-refractivity contribution in [2.45, 2.75) is 26.7 Å². The number of carbonyl (C=O) groups is 1. The van der Waals surface area contributed by atoms with Crippen LogP contribution in [0.5, 0.6) is 0 Å². The first kappa shape index (κ1) is 28.3. The number of carboxylic acids is 1. The molecule has 0 saturated carbocycles. The predicted octanol–water partition coefficient (Wildman–Crippen LogP) is 4.07. The zero-order chi connectivity index (χ0) is 24.7. The molecule has 0 unspecified atom stereocenters. The smallest absolute Gasteiger partial charge is 0.335 e. The Hall–Kier alpha value is -2.76. The van der Waals surface area contributed by atoms with E-state index in [-0.39, 0.29) is 18.6 Å². The molecule has 7 heteroatoms. The van der Waals surface area contributed by atoms with Gasteiger partial charge < -0.3 is 20.2 Å². The van der Waals surface area contributed by atoms with Crippen molar-refractivity contribution in [3.8, 4) is 0 Å². The maximum Gasteiger partial charge on any atom is 0.335 e. The van der Waals surface area contributed by atoms with E-state index >= 15 is 0 Å². The molecule has 33 heavy (non-hydrogen) atoms. The monoisotopic (exact) mass is 472 g/mol. The Labute approximate surface area is 195 Å². The standard InChI is InChI=1S/C12H11O2P.C7H6O2.C7H16O2/c13-15(14,11-7-3-1-4-8-11)12-9-5-2-6-10-12;8-7(9)6-4-2-1-3-5-6;1-7(2,6-9)4-3-5-8/h1-10H,(H,13,14);1-5H,(H,8,9);8-9H,3-6H2,1-2H3. The summed E-state index contributed by atoms with van der Waals surface area (Å²) in [5, 5.41) is 26.5. The molecule has 3 aromatic rings. The van der Waals surface area contributed by atoms with Crippen molar-refractivity contribution in [2.24, 2.45) is 5.41 Å². The highest BCUT2D eigenvalue weighted by Gasteiger charge is 2.22. The van der Waals surface area contributed by atoms with E-state index in [1.165, 1.54) is 0 Å². The van der Waals surface area contributed by atoms with Gasteiger partial charge in [0.1, 0.15) is 0 Å². The summed E-state index contributed by atoms with van der Waals surface area (Å²) >= 11 is 0. The zero-order valence-corrected chi connectivity index (χ0v) is 19.9. The van der Waals surface area contributed by atoms with E-state index in [1.54, 1.807) is 78.9 Å². The van der Waals surface area contributed by atoms with Crippen molar-refractivity contribution in [2.75, 3.05) is 13.2 Å². The Morgan fingerprint density at radius 1 is 0.788 bits per heavy atom. The van der Waals surface area contributed by atoms with Gasteiger partial charge in [-0.1, -0.05) is 68.4 Å². The maximum atomic E-state index is 12.2. The maximum absolute atomic E-state index is 12.2. The van der Waals surface area contributed by atoms with Gasteiger partial charge in [0.2, 0.25) is 0 Å². The molecule has 6 nitrogen and oxygen atoms in total. The van der Waals surface area contributed by atoms with Gasteiger partial charge in [0, 0.05) is 23.8 Å². The van der Waals surface area contributed by atoms with Gasteiger partial charge >= 0.3 is 5.97 Å². The number of carboxylic acid groups (broad SMARTS) is 1. The van der Waals surface area contributed by atoms with Gasteiger partial charge in [-0.3, -0.25) is 4.57 Å². The second-order valence-electron chi connectivity index (χ2n) is 8.07. The molecule has 0 bridgehead atoms. The Balaban J connectivity index is 0.000000264. The van der Waals surface area contributed by atoms with E-state index in [1.807, 2.05) is 26.0 Å². The molecular weight excluding hydrogens is 439 g/mol. The third kappa shape index (κ3) is 10.6. The van der Waals surface area contributed by atoms with E-state index in [0.717, 1.165) is 12.8 Å². The van der Waals surface area contributed by atoms with Crippen LogP contribution >= 0.6 is 7.37 Å². The molecule has 3 aromatic carbocycles. The van der Waals surface area contributed by atoms with Gasteiger partial charge in [-0.15, -0.1) is 0 Å². The van der Waals surface area contributed by atoms with Crippen molar-refractivity contribution in [3.05, 3.63) is 96.6 Å². The Morgan fingerprint density at radius 2 is 1.18 bits per heavy atom. The van der Waals surface area contributed by atoms with Gasteiger partial charge in [0.05, 0.1) is 5.56 Å². The molecule has 0 aliphatic rings. The van der Waals surface area contributed by atoms with Gasteiger partial charge in [-0.25, -0.2) is 4.79 Å². The highest BCUT2D eigenvalue weighted by Crippen LogP contribution is 2.37. The van der Waals surface area contributed by atoms with E-state index in [2.05, 4.69) is 0 Å². The fourth-order valence-electron chi connectivity index (χ4n) is 2.63. The van der Waals surface area contributed by atoms with Crippen molar-refractivity contribution >= 4 is 23.9 Å². The molecule has 0 amide bonds. The van der Waals surface area contributed by atoms with Crippen molar-refractivity contribution in [3.63, 3.8) is 0 Å². The Kier molecular flexibility index (Phi) is 12.3. The highest BCUT2D eigenvalue weighted by molar-refractivity contribution is 7.73. The van der Waals surface area contributed by atoms with Gasteiger partial charge in [-0.2, -0.15) is 0 Å². The lowest BCUT2D eigenvalue weighted by atomic mass is 9.89. The van der Waals surface area contributed by atoms with Crippen LogP contribution in [0.4, 0.5) is 0 Å². The molecule has 0 saturated heterocycles. The summed E-state index contributed by atoms with van der Waals surface area (Å²) in [4.78, 5) is 20.2. The van der Waals surface area contributed by atoms with E-state index in [9.17, 15) is 14.3 Å². The van der Waals surface area contributed by atoms with Crippen molar-refractivity contribution < 1.29 is 29.6 Å². The SMILES string of the molecule is CC(C)(CO)CCCO.O=C(O)c1ccccc1.O=P(O)(c1ccccc1)c1ccccc1. The predicted molar refractivity (Wildman–Crippen MR) is 133 cm³/mol. The van der Waals surface area contributed by atoms with Gasteiger partial charge in [0.25, 0.3) is 7.37 Å². The topological polar surface area (TPSA) is 115 Å². The van der Waals surface area contributed by atoms with Crippen LogP contribution in [0.1, 0.15) is 37.0 Å². The number of aromatic carboxylic acids is 1. The van der Waals surface area contributed by atoms with Crippen LogP contribution in [0.2, 0.25) is 0 Å². The molecule has 0 aromatic heterocycles. The Bertz CT molecular complexity index is 932. The third-order valence-corrected chi connectivity index (χ3v) is 6.67. The molecule has 178 valence electrons. The third-order valence-electron chi connectivity index (χ3n) is 4.67. The second-order valence-corrected chi connectivity index (χ2v) is 10.3. The molecule has 0 atom stereocenters. The average Bonchev–Trinajstić information content (AvgIpc) is 2.85. The summed E-state index contributed by atoms with van der Waals surface area (Å²) in [6.45, 7) is 4.40. The van der Waals surface area contributed by atoms with Crippen LogP contribution in [0.3, 0.4) is 0 Å². The largest absolute Gasteiger partial charge is 0.478 e. The second kappa shape index (κ2) is 14.4. The number of aliphatic hydroxyl groups excluding tert-OH is 2. The summed E-state index contributed by atoms with van der Waals surface area (Å²) in [6.07, 6.45) is 1.67. The number of benzene rings is 3. The molecule has 0 aliphatic heterocycles. The normalized spacial score (nSPS) is 10.8. The first-order valence-corrected chi connectivity index (χ1v) is 12.2. The minimum absolute atomic E-state index is 0.0112. The van der Waals surface area contributed by atoms with Crippen LogP contribution in [0.25, 0.3) is 0 Å². The fourth-order valence-corrected chi connectivity index (χ4v) is 4.08. The van der Waals surface area contributed by atoms with Crippen LogP contribution < -0.4 is 10.6 Å². The number of rotatable bonds is 7. The number of hydrogen-bond acceptors (Lipinski definition) is 4. The summed E-state index contributed by atoms with van der Waals surface area (Å²) in [5.41, 5.74) is 0.320. The number of hydrogen-bond donors (Lipinski definition) is 4. The van der Waals surface area contributed by atoms with Crippen molar-refractivity contribution in [1.29, 1.82) is 0 Å². The summed E-state index contributed by atoms with van der Waals surface area (Å²) in [6, 6.07) is 25.7. The van der Waals surface area contributed by atoms with Gasteiger partial charge in [-0.05, 0) is 54.7 Å². The first-order valence-electron chi connectivity index (χ1n) is 10.6. The van der Waals surface area contributed by atoms with Crippen LogP contribution in [-0.2, 0) is 4.57 Å². The fraction of sp³-hybridized carbons (Fsp3) is 0.269. The summed E-state index contributed by atoms with van der Waals surface area (Å²) in [5.74, 6) is -0.879. The van der Waals surface area contributed by atoms with Crippen LogP contribution in [0, 0.1) is 5.41 Å². The molecule has 0 spiro atoms. The number of aliphatic hydroxyl groups is 2. The lowest BCUT2D eigenvalue weighted by molar-refractivity contribution is 0.0697. The zero-order valence-electron chi connectivity index (χ0n) is 19.0. The molecule has 0 fully saturated rings. The lowest BCUT2D eigenvalue weighted by Gasteiger charge is -2.20. The summed E-state index contributed by atoms with van der Waals surface area (Å²) < 4.78 is 12.2. The highest BCUT2D eigenvalue weighted by atomic mass is 31.2. The molecular formula is C26H33O6P.